The van der Waals surface area contributed by atoms with Crippen molar-refractivity contribution in [3.63, 3.8) is 0 Å². The molecule has 5 heteroatoms. The second-order valence-electron chi connectivity index (χ2n) is 4.36. The van der Waals surface area contributed by atoms with Gasteiger partial charge in [-0.3, -0.25) is 4.79 Å². The molecule has 0 saturated carbocycles. The number of halogens is 1. The van der Waals surface area contributed by atoms with Gasteiger partial charge in [-0.05, 0) is 30.3 Å². The van der Waals surface area contributed by atoms with Crippen LogP contribution in [0.4, 0.5) is 5.69 Å². The van der Waals surface area contributed by atoms with E-state index in [0.717, 1.165) is 17.0 Å². The Morgan fingerprint density at radius 2 is 2.00 bits per heavy atom. The average molecular weight is 322 g/mol. The normalized spacial score (nSPS) is 10.2. The van der Waals surface area contributed by atoms with Gasteiger partial charge in [-0.25, -0.2) is 0 Å². The fraction of sp³-hybridized carbons (Fsp3) is 0.188. The van der Waals surface area contributed by atoms with Crippen LogP contribution in [-0.2, 0) is 10.5 Å². The molecule has 0 aromatic heterocycles. The van der Waals surface area contributed by atoms with Crippen molar-refractivity contribution in [2.24, 2.45) is 0 Å². The summed E-state index contributed by atoms with van der Waals surface area (Å²) in [5.74, 6) is 1.82. The highest BCUT2D eigenvalue weighted by Crippen LogP contribution is 2.26. The van der Waals surface area contributed by atoms with Crippen molar-refractivity contribution in [1.29, 1.82) is 0 Å². The number of para-hydroxylation sites is 1. The molecule has 0 saturated heterocycles. The highest BCUT2D eigenvalue weighted by molar-refractivity contribution is 7.99. The molecule has 2 rings (SSSR count). The number of thioether (sulfide) groups is 1. The Balaban J connectivity index is 1.84. The summed E-state index contributed by atoms with van der Waals surface area (Å²) in [6.07, 6.45) is 0. The lowest BCUT2D eigenvalue weighted by atomic mass is 10.2. The van der Waals surface area contributed by atoms with E-state index in [1.54, 1.807) is 13.2 Å². The number of nitrogens with one attached hydrogen (secondary N) is 1. The second-order valence-corrected chi connectivity index (χ2v) is 5.79. The first kappa shape index (κ1) is 15.7. The first-order valence-corrected chi connectivity index (χ1v) is 7.97. The van der Waals surface area contributed by atoms with E-state index in [0.29, 0.717) is 16.5 Å². The fourth-order valence-corrected chi connectivity index (χ4v) is 2.83. The van der Waals surface area contributed by atoms with E-state index in [-0.39, 0.29) is 5.91 Å². The van der Waals surface area contributed by atoms with Crippen LogP contribution < -0.4 is 10.1 Å². The van der Waals surface area contributed by atoms with Crippen LogP contribution in [0.5, 0.6) is 5.75 Å². The largest absolute Gasteiger partial charge is 0.496 e. The predicted molar refractivity (Wildman–Crippen MR) is 89.2 cm³/mol. The zero-order valence-corrected chi connectivity index (χ0v) is 13.2. The van der Waals surface area contributed by atoms with Crippen LogP contribution >= 0.6 is 23.4 Å². The van der Waals surface area contributed by atoms with Gasteiger partial charge in [0.15, 0.2) is 0 Å². The predicted octanol–water partition coefficient (Wildman–Crippen LogP) is 4.22. The molecule has 0 radical (unpaired) electrons. The smallest absolute Gasteiger partial charge is 0.234 e. The molecular weight excluding hydrogens is 306 g/mol. The lowest BCUT2D eigenvalue weighted by Gasteiger charge is -2.09. The van der Waals surface area contributed by atoms with Gasteiger partial charge in [-0.15, -0.1) is 11.8 Å². The quantitative estimate of drug-likeness (QED) is 0.865. The minimum atomic E-state index is -0.0211. The zero-order chi connectivity index (χ0) is 15.1. The van der Waals surface area contributed by atoms with Crippen LogP contribution in [0.15, 0.2) is 48.5 Å². The van der Waals surface area contributed by atoms with Crippen molar-refractivity contribution in [1.82, 2.24) is 0 Å². The second kappa shape index (κ2) is 7.96. The molecule has 0 atom stereocenters. The van der Waals surface area contributed by atoms with Crippen LogP contribution in [0.1, 0.15) is 5.56 Å². The van der Waals surface area contributed by atoms with E-state index in [1.165, 1.54) is 11.8 Å². The van der Waals surface area contributed by atoms with Crippen molar-refractivity contribution in [3.05, 3.63) is 59.1 Å². The van der Waals surface area contributed by atoms with Gasteiger partial charge in [0.1, 0.15) is 5.75 Å². The number of methoxy groups -OCH3 is 1. The highest BCUT2D eigenvalue weighted by Gasteiger charge is 2.07. The van der Waals surface area contributed by atoms with Gasteiger partial charge >= 0.3 is 0 Å². The molecule has 110 valence electrons. The van der Waals surface area contributed by atoms with Gasteiger partial charge in [0.25, 0.3) is 0 Å². The maximum atomic E-state index is 11.8. The van der Waals surface area contributed by atoms with Crippen molar-refractivity contribution in [2.75, 3.05) is 18.2 Å². The number of hydrogen-bond acceptors (Lipinski definition) is 3. The van der Waals surface area contributed by atoms with Crippen LogP contribution in [-0.4, -0.2) is 18.8 Å². The van der Waals surface area contributed by atoms with Gasteiger partial charge < -0.3 is 10.1 Å². The van der Waals surface area contributed by atoms with Crippen LogP contribution in [0, 0.1) is 0 Å². The van der Waals surface area contributed by atoms with Crippen LogP contribution in [0.25, 0.3) is 0 Å². The number of anilines is 1. The minimum absolute atomic E-state index is 0.0211. The Labute approximate surface area is 133 Å². The van der Waals surface area contributed by atoms with Gasteiger partial charge in [0.2, 0.25) is 5.91 Å². The molecule has 21 heavy (non-hydrogen) atoms. The third kappa shape index (κ3) is 4.99. The number of benzene rings is 2. The lowest BCUT2D eigenvalue weighted by molar-refractivity contribution is -0.113. The van der Waals surface area contributed by atoms with Crippen LogP contribution in [0.3, 0.4) is 0 Å². The Bertz CT molecular complexity index is 604. The summed E-state index contributed by atoms with van der Waals surface area (Å²) in [4.78, 5) is 11.8. The van der Waals surface area contributed by atoms with E-state index in [1.807, 2.05) is 42.5 Å². The molecule has 1 N–H and O–H groups in total. The SMILES string of the molecule is COc1ccc(Cl)cc1CSCC(=O)Nc1ccccc1. The van der Waals surface area contributed by atoms with Crippen molar-refractivity contribution in [2.45, 2.75) is 5.75 Å². The molecule has 0 unspecified atom stereocenters. The molecule has 0 aliphatic rings. The van der Waals surface area contributed by atoms with Gasteiger partial charge in [-0.2, -0.15) is 0 Å². The Hall–Kier alpha value is -1.65. The first-order valence-electron chi connectivity index (χ1n) is 6.44. The van der Waals surface area contributed by atoms with Gasteiger partial charge in [-0.1, -0.05) is 29.8 Å². The summed E-state index contributed by atoms with van der Waals surface area (Å²) in [6, 6.07) is 14.9. The van der Waals surface area contributed by atoms with Gasteiger partial charge in [0, 0.05) is 22.0 Å². The summed E-state index contributed by atoms with van der Waals surface area (Å²) in [5, 5.41) is 3.52. The van der Waals surface area contributed by atoms with Crippen molar-refractivity contribution in [3.8, 4) is 5.75 Å². The van der Waals surface area contributed by atoms with E-state index in [9.17, 15) is 4.79 Å². The first-order chi connectivity index (χ1) is 10.2. The molecule has 3 nitrogen and oxygen atoms in total. The number of hydrogen-bond donors (Lipinski definition) is 1. The molecule has 0 fully saturated rings. The maximum absolute atomic E-state index is 11.8. The molecule has 0 aliphatic heterocycles. The van der Waals surface area contributed by atoms with Crippen LogP contribution in [0.2, 0.25) is 5.02 Å². The molecule has 2 aromatic rings. The summed E-state index contributed by atoms with van der Waals surface area (Å²) in [7, 11) is 1.62. The Kier molecular flexibility index (Phi) is 5.96. The van der Waals surface area contributed by atoms with E-state index >= 15 is 0 Å². The average Bonchev–Trinajstić information content (AvgIpc) is 2.48. The standard InChI is InChI=1S/C16H16ClNO2S/c1-20-15-8-7-13(17)9-12(15)10-21-11-16(19)18-14-5-3-2-4-6-14/h2-9H,10-11H2,1H3,(H,18,19). The topological polar surface area (TPSA) is 38.3 Å². The molecule has 0 aliphatic carbocycles. The van der Waals surface area contributed by atoms with Gasteiger partial charge in [0.05, 0.1) is 12.9 Å². The van der Waals surface area contributed by atoms with E-state index in [4.69, 9.17) is 16.3 Å². The number of ether oxygens (including phenoxy) is 1. The molecule has 0 bridgehead atoms. The molecule has 0 spiro atoms. The minimum Gasteiger partial charge on any atom is -0.496 e. The zero-order valence-electron chi connectivity index (χ0n) is 11.6. The van der Waals surface area contributed by atoms with E-state index < -0.39 is 0 Å². The summed E-state index contributed by atoms with van der Waals surface area (Å²) in [5.41, 5.74) is 1.80. The number of carbonyl (C=O) groups excluding carboxylic acids is 1. The molecule has 2 aromatic carbocycles. The number of carbonyl (C=O) groups is 1. The van der Waals surface area contributed by atoms with E-state index in [2.05, 4.69) is 5.32 Å². The lowest BCUT2D eigenvalue weighted by Crippen LogP contribution is -2.14. The van der Waals surface area contributed by atoms with Crippen molar-refractivity contribution < 1.29 is 9.53 Å². The third-order valence-electron chi connectivity index (χ3n) is 2.79. The molecular formula is C16H16ClNO2S. The Morgan fingerprint density at radius 3 is 2.71 bits per heavy atom. The fourth-order valence-electron chi connectivity index (χ4n) is 1.83. The third-order valence-corrected chi connectivity index (χ3v) is 4.01. The van der Waals surface area contributed by atoms with Crippen molar-refractivity contribution >= 4 is 35.0 Å². The number of amides is 1. The molecule has 0 heterocycles. The number of rotatable bonds is 6. The highest BCUT2D eigenvalue weighted by atomic mass is 35.5. The Morgan fingerprint density at radius 1 is 1.24 bits per heavy atom. The monoisotopic (exact) mass is 321 g/mol. The maximum Gasteiger partial charge on any atom is 0.234 e. The summed E-state index contributed by atoms with van der Waals surface area (Å²) >= 11 is 7.50. The summed E-state index contributed by atoms with van der Waals surface area (Å²) < 4.78 is 5.28. The molecule has 1 amide bonds. The summed E-state index contributed by atoms with van der Waals surface area (Å²) in [6.45, 7) is 0.